The summed E-state index contributed by atoms with van der Waals surface area (Å²) in [5, 5.41) is 0. The number of benzene rings is 1. The van der Waals surface area contributed by atoms with Crippen molar-refractivity contribution in [2.45, 2.75) is 6.42 Å². The van der Waals surface area contributed by atoms with Crippen molar-refractivity contribution in [1.82, 2.24) is 0 Å². The predicted octanol–water partition coefficient (Wildman–Crippen LogP) is 2.58. The van der Waals surface area contributed by atoms with Crippen molar-refractivity contribution in [2.75, 3.05) is 5.75 Å². The monoisotopic (exact) mass is 192 g/mol. The zero-order chi connectivity index (χ0) is 9.14. The van der Waals surface area contributed by atoms with Gasteiger partial charge in [0.15, 0.2) is 17.5 Å². The fraction of sp³-hybridized carbons (Fsp3) is 0.250. The van der Waals surface area contributed by atoms with Gasteiger partial charge in [0.25, 0.3) is 0 Å². The van der Waals surface area contributed by atoms with Crippen LogP contribution in [0.3, 0.4) is 0 Å². The molecule has 1 aromatic carbocycles. The van der Waals surface area contributed by atoms with Gasteiger partial charge in [-0.15, -0.1) is 0 Å². The van der Waals surface area contributed by atoms with Gasteiger partial charge >= 0.3 is 0 Å². The van der Waals surface area contributed by atoms with Crippen molar-refractivity contribution in [3.05, 3.63) is 35.1 Å². The van der Waals surface area contributed by atoms with Crippen LogP contribution in [0.15, 0.2) is 12.1 Å². The maximum Gasteiger partial charge on any atom is 0.194 e. The van der Waals surface area contributed by atoms with E-state index in [1.165, 1.54) is 0 Å². The molecule has 0 aliphatic carbocycles. The van der Waals surface area contributed by atoms with Gasteiger partial charge in [0.05, 0.1) is 0 Å². The number of halogens is 3. The van der Waals surface area contributed by atoms with Crippen LogP contribution in [0, 0.1) is 17.5 Å². The summed E-state index contributed by atoms with van der Waals surface area (Å²) in [5.74, 6) is -3.23. The van der Waals surface area contributed by atoms with Crippen molar-refractivity contribution in [2.24, 2.45) is 0 Å². The number of hydrogen-bond acceptors (Lipinski definition) is 1. The van der Waals surface area contributed by atoms with Crippen LogP contribution in [-0.4, -0.2) is 5.75 Å². The molecule has 0 nitrogen and oxygen atoms in total. The lowest BCUT2D eigenvalue weighted by Gasteiger charge is -2.00. The topological polar surface area (TPSA) is 0 Å². The Morgan fingerprint density at radius 2 is 1.58 bits per heavy atom. The summed E-state index contributed by atoms with van der Waals surface area (Å²) < 4.78 is 37.4. The number of thiol groups is 1. The first kappa shape index (κ1) is 9.45. The van der Waals surface area contributed by atoms with E-state index in [0.29, 0.717) is 17.7 Å². The van der Waals surface area contributed by atoms with Gasteiger partial charge in [-0.3, -0.25) is 0 Å². The first-order chi connectivity index (χ1) is 5.65. The molecule has 0 fully saturated rings. The molecule has 0 saturated carbocycles. The smallest absolute Gasteiger partial charge is 0.194 e. The molecule has 0 bridgehead atoms. The molecule has 12 heavy (non-hydrogen) atoms. The van der Waals surface area contributed by atoms with Gasteiger partial charge in [0.2, 0.25) is 0 Å². The first-order valence-electron chi connectivity index (χ1n) is 3.39. The van der Waals surface area contributed by atoms with Crippen LogP contribution < -0.4 is 0 Å². The van der Waals surface area contributed by atoms with E-state index in [0.717, 1.165) is 12.1 Å². The van der Waals surface area contributed by atoms with Crippen LogP contribution in [0.5, 0.6) is 0 Å². The van der Waals surface area contributed by atoms with Crippen LogP contribution in [-0.2, 0) is 6.42 Å². The van der Waals surface area contributed by atoms with Gasteiger partial charge in [-0.05, 0) is 29.9 Å². The molecule has 66 valence electrons. The third-order valence-electron chi connectivity index (χ3n) is 1.44. The molecule has 1 aromatic rings. The molecule has 4 heteroatoms. The van der Waals surface area contributed by atoms with Crippen molar-refractivity contribution >= 4 is 12.6 Å². The summed E-state index contributed by atoms with van der Waals surface area (Å²) in [5.41, 5.74) is 0.418. The molecular formula is C8H7F3S. The van der Waals surface area contributed by atoms with Crippen LogP contribution in [0.1, 0.15) is 5.56 Å². The van der Waals surface area contributed by atoms with Gasteiger partial charge in [0.1, 0.15) is 0 Å². The third-order valence-corrected chi connectivity index (χ3v) is 1.67. The van der Waals surface area contributed by atoms with Gasteiger partial charge in [-0.2, -0.15) is 12.6 Å². The largest absolute Gasteiger partial charge is 0.204 e. The highest BCUT2D eigenvalue weighted by molar-refractivity contribution is 7.80. The standard InChI is InChI=1S/C8H7F3S/c9-6-3-5(1-2-12)4-7(10)8(6)11/h3-4,12H,1-2H2. The lowest BCUT2D eigenvalue weighted by Crippen LogP contribution is -1.95. The third kappa shape index (κ3) is 1.94. The van der Waals surface area contributed by atoms with Crippen LogP contribution in [0.25, 0.3) is 0 Å². The van der Waals surface area contributed by atoms with Gasteiger partial charge in [-0.1, -0.05) is 0 Å². The van der Waals surface area contributed by atoms with E-state index in [1.807, 2.05) is 0 Å². The average molecular weight is 192 g/mol. The van der Waals surface area contributed by atoms with Crippen LogP contribution in [0.4, 0.5) is 13.2 Å². The van der Waals surface area contributed by atoms with Gasteiger partial charge < -0.3 is 0 Å². The normalized spacial score (nSPS) is 10.3. The molecule has 0 aliphatic rings. The van der Waals surface area contributed by atoms with E-state index < -0.39 is 17.5 Å². The minimum atomic E-state index is -1.42. The second-order valence-corrected chi connectivity index (χ2v) is 2.79. The van der Waals surface area contributed by atoms with E-state index in [2.05, 4.69) is 12.6 Å². The zero-order valence-electron chi connectivity index (χ0n) is 6.15. The molecule has 0 aromatic heterocycles. The maximum absolute atomic E-state index is 12.5. The Morgan fingerprint density at radius 1 is 1.08 bits per heavy atom. The lowest BCUT2D eigenvalue weighted by atomic mass is 10.1. The summed E-state index contributed by atoms with van der Waals surface area (Å²) in [6, 6.07) is 1.96. The van der Waals surface area contributed by atoms with E-state index in [4.69, 9.17) is 0 Å². The van der Waals surface area contributed by atoms with Crippen molar-refractivity contribution in [3.8, 4) is 0 Å². The minimum Gasteiger partial charge on any atom is -0.204 e. The Labute approximate surface area is 73.8 Å². The van der Waals surface area contributed by atoms with Crippen molar-refractivity contribution in [3.63, 3.8) is 0 Å². The molecule has 0 unspecified atom stereocenters. The molecule has 0 N–H and O–H groups in total. The van der Waals surface area contributed by atoms with E-state index >= 15 is 0 Å². The zero-order valence-corrected chi connectivity index (χ0v) is 7.04. The Balaban J connectivity index is 3.04. The summed E-state index contributed by atoms with van der Waals surface area (Å²) in [6.07, 6.45) is 0.428. The number of aryl methyl sites for hydroxylation is 1. The van der Waals surface area contributed by atoms with Crippen LogP contribution >= 0.6 is 12.6 Å². The summed E-state index contributed by atoms with van der Waals surface area (Å²) >= 11 is 3.89. The molecular weight excluding hydrogens is 185 g/mol. The molecule has 0 atom stereocenters. The second-order valence-electron chi connectivity index (χ2n) is 2.35. The maximum atomic E-state index is 12.5. The summed E-state index contributed by atoms with van der Waals surface area (Å²) in [7, 11) is 0. The Bertz CT molecular complexity index is 263. The Kier molecular flexibility index (Phi) is 3.03. The van der Waals surface area contributed by atoms with Gasteiger partial charge in [0, 0.05) is 0 Å². The highest BCUT2D eigenvalue weighted by atomic mass is 32.1. The fourth-order valence-corrected chi connectivity index (χ4v) is 1.14. The molecule has 0 spiro atoms. The van der Waals surface area contributed by atoms with Crippen molar-refractivity contribution in [1.29, 1.82) is 0 Å². The van der Waals surface area contributed by atoms with Crippen molar-refractivity contribution < 1.29 is 13.2 Å². The molecule has 0 heterocycles. The fourth-order valence-electron chi connectivity index (χ4n) is 0.881. The lowest BCUT2D eigenvalue weighted by molar-refractivity contribution is 0.445. The Morgan fingerprint density at radius 3 is 2.00 bits per heavy atom. The molecule has 0 amide bonds. The van der Waals surface area contributed by atoms with E-state index in [-0.39, 0.29) is 0 Å². The summed E-state index contributed by atoms with van der Waals surface area (Å²) in [6.45, 7) is 0. The second kappa shape index (κ2) is 3.85. The van der Waals surface area contributed by atoms with Gasteiger partial charge in [-0.25, -0.2) is 13.2 Å². The quantitative estimate of drug-likeness (QED) is 0.540. The molecule has 1 rings (SSSR count). The van der Waals surface area contributed by atoms with Crippen LogP contribution in [0.2, 0.25) is 0 Å². The Hall–Kier alpha value is -0.640. The average Bonchev–Trinajstić information content (AvgIpc) is 2.01. The highest BCUT2D eigenvalue weighted by Gasteiger charge is 2.09. The SMILES string of the molecule is Fc1cc(CCS)cc(F)c1F. The number of hydrogen-bond donors (Lipinski definition) is 1. The van der Waals surface area contributed by atoms with E-state index in [1.54, 1.807) is 0 Å². The first-order valence-corrected chi connectivity index (χ1v) is 4.02. The predicted molar refractivity (Wildman–Crippen MR) is 43.9 cm³/mol. The molecule has 0 radical (unpaired) electrons. The summed E-state index contributed by atoms with van der Waals surface area (Å²) in [4.78, 5) is 0. The number of rotatable bonds is 2. The molecule has 0 saturated heterocycles. The highest BCUT2D eigenvalue weighted by Crippen LogP contribution is 2.13. The minimum absolute atomic E-state index is 0.418. The van der Waals surface area contributed by atoms with E-state index in [9.17, 15) is 13.2 Å². The molecule has 0 aliphatic heterocycles.